The van der Waals surface area contributed by atoms with Crippen LogP contribution in [0, 0.1) is 0 Å². The van der Waals surface area contributed by atoms with Crippen LogP contribution in [0.15, 0.2) is 97.3 Å². The lowest BCUT2D eigenvalue weighted by atomic mass is 10.0. The number of nitrogens with zero attached hydrogens (tertiary/aromatic N) is 2. The number of hydrogen-bond acceptors (Lipinski definition) is 3. The van der Waals surface area contributed by atoms with Crippen molar-refractivity contribution in [3.63, 3.8) is 0 Å². The summed E-state index contributed by atoms with van der Waals surface area (Å²) in [5, 5.41) is 3.00. The molecule has 0 spiro atoms. The van der Waals surface area contributed by atoms with Crippen LogP contribution >= 0.6 is 0 Å². The van der Waals surface area contributed by atoms with E-state index < -0.39 is 0 Å². The Morgan fingerprint density at radius 1 is 0.733 bits per heavy atom. The molecular formula is C26H23N3O. The minimum Gasteiger partial charge on any atom is -0.378 e. The Morgan fingerprint density at radius 3 is 2.20 bits per heavy atom. The molecule has 1 aromatic heterocycles. The first kappa shape index (κ1) is 19.4. The lowest BCUT2D eigenvalue weighted by Crippen LogP contribution is -2.12. The predicted octanol–water partition coefficient (Wildman–Crippen LogP) is 5.73. The maximum absolute atomic E-state index is 12.8. The van der Waals surface area contributed by atoms with Crippen LogP contribution in [-0.4, -0.2) is 25.0 Å². The molecule has 1 N–H and O–H groups in total. The molecule has 1 amide bonds. The summed E-state index contributed by atoms with van der Waals surface area (Å²) in [6.45, 7) is 0. The van der Waals surface area contributed by atoms with E-state index in [9.17, 15) is 4.79 Å². The molecule has 148 valence electrons. The number of carbonyl (C=O) groups is 1. The summed E-state index contributed by atoms with van der Waals surface area (Å²) >= 11 is 0. The Hall–Kier alpha value is -3.92. The van der Waals surface area contributed by atoms with Gasteiger partial charge in [0.1, 0.15) is 0 Å². The predicted molar refractivity (Wildman–Crippen MR) is 124 cm³/mol. The van der Waals surface area contributed by atoms with Crippen LogP contribution in [0.5, 0.6) is 0 Å². The lowest BCUT2D eigenvalue weighted by molar-refractivity contribution is 0.102. The van der Waals surface area contributed by atoms with Crippen molar-refractivity contribution in [3.8, 4) is 22.3 Å². The van der Waals surface area contributed by atoms with Gasteiger partial charge in [0, 0.05) is 43.4 Å². The Kier molecular flexibility index (Phi) is 5.57. The van der Waals surface area contributed by atoms with Gasteiger partial charge in [-0.15, -0.1) is 0 Å². The fourth-order valence-electron chi connectivity index (χ4n) is 3.30. The number of amides is 1. The summed E-state index contributed by atoms with van der Waals surface area (Å²) in [6.07, 6.45) is 3.36. The highest BCUT2D eigenvalue weighted by molar-refractivity contribution is 6.05. The average molecular weight is 393 g/mol. The molecule has 3 aromatic carbocycles. The highest BCUT2D eigenvalue weighted by Gasteiger charge is 2.10. The van der Waals surface area contributed by atoms with Gasteiger partial charge in [0.2, 0.25) is 0 Å². The van der Waals surface area contributed by atoms with Gasteiger partial charge in [0.25, 0.3) is 5.91 Å². The second-order valence-corrected chi connectivity index (χ2v) is 7.31. The van der Waals surface area contributed by atoms with Crippen LogP contribution in [0.1, 0.15) is 10.4 Å². The molecule has 0 saturated carbocycles. The number of carbonyl (C=O) groups excluding carboxylic acids is 1. The summed E-state index contributed by atoms with van der Waals surface area (Å²) in [4.78, 5) is 19.2. The Bertz CT molecular complexity index is 1170. The number of hydrogen-bond donors (Lipinski definition) is 1. The van der Waals surface area contributed by atoms with Crippen LogP contribution in [0.4, 0.5) is 11.4 Å². The second-order valence-electron chi connectivity index (χ2n) is 7.31. The van der Waals surface area contributed by atoms with Gasteiger partial charge in [-0.1, -0.05) is 54.6 Å². The van der Waals surface area contributed by atoms with Gasteiger partial charge < -0.3 is 10.2 Å². The topological polar surface area (TPSA) is 45.2 Å². The van der Waals surface area contributed by atoms with Gasteiger partial charge in [0.05, 0.1) is 5.56 Å². The highest BCUT2D eigenvalue weighted by Crippen LogP contribution is 2.26. The molecule has 30 heavy (non-hydrogen) atoms. The molecule has 4 heteroatoms. The molecule has 0 radical (unpaired) electrons. The Labute approximate surface area is 176 Å². The van der Waals surface area contributed by atoms with E-state index in [1.54, 1.807) is 12.4 Å². The summed E-state index contributed by atoms with van der Waals surface area (Å²) in [5.41, 5.74) is 6.50. The molecule has 4 nitrogen and oxygen atoms in total. The molecule has 0 bridgehead atoms. The van der Waals surface area contributed by atoms with E-state index in [0.717, 1.165) is 33.6 Å². The number of aromatic nitrogens is 1. The van der Waals surface area contributed by atoms with E-state index in [2.05, 4.69) is 33.4 Å². The number of anilines is 2. The third-order valence-corrected chi connectivity index (χ3v) is 4.92. The van der Waals surface area contributed by atoms with E-state index in [1.165, 1.54) is 0 Å². The minimum atomic E-state index is -0.181. The molecule has 0 unspecified atom stereocenters. The molecule has 0 aliphatic carbocycles. The second kappa shape index (κ2) is 8.62. The van der Waals surface area contributed by atoms with Crippen molar-refractivity contribution in [3.05, 3.63) is 103 Å². The molecule has 0 saturated heterocycles. The van der Waals surface area contributed by atoms with Crippen LogP contribution in [0.2, 0.25) is 0 Å². The lowest BCUT2D eigenvalue weighted by Gasteiger charge is -2.14. The van der Waals surface area contributed by atoms with Crippen LogP contribution in [0.3, 0.4) is 0 Å². The summed E-state index contributed by atoms with van der Waals surface area (Å²) in [7, 11) is 4.04. The van der Waals surface area contributed by atoms with E-state index in [1.807, 2.05) is 80.8 Å². The zero-order valence-electron chi connectivity index (χ0n) is 17.0. The van der Waals surface area contributed by atoms with Gasteiger partial charge in [-0.25, -0.2) is 0 Å². The number of nitrogens with one attached hydrogen (secondary N) is 1. The summed E-state index contributed by atoms with van der Waals surface area (Å²) in [6, 6.07) is 28.0. The molecule has 0 fully saturated rings. The Morgan fingerprint density at radius 2 is 1.43 bits per heavy atom. The SMILES string of the molecule is CN(C)c1cccc(-c2cccc(NC(=O)c3cncc(-c4ccccc4)c3)c2)c1. The molecular weight excluding hydrogens is 370 g/mol. The van der Waals surface area contributed by atoms with Crippen molar-refractivity contribution in [2.45, 2.75) is 0 Å². The third-order valence-electron chi connectivity index (χ3n) is 4.92. The first-order chi connectivity index (χ1) is 14.6. The molecule has 4 rings (SSSR count). The average Bonchev–Trinajstić information content (AvgIpc) is 2.80. The van der Waals surface area contributed by atoms with E-state index in [-0.39, 0.29) is 5.91 Å². The first-order valence-electron chi connectivity index (χ1n) is 9.80. The van der Waals surface area contributed by atoms with Gasteiger partial charge >= 0.3 is 0 Å². The van der Waals surface area contributed by atoms with E-state index in [4.69, 9.17) is 0 Å². The summed E-state index contributed by atoms with van der Waals surface area (Å²) < 4.78 is 0. The minimum absolute atomic E-state index is 0.181. The molecule has 1 heterocycles. The van der Waals surface area contributed by atoms with Gasteiger partial charge in [0.15, 0.2) is 0 Å². The summed E-state index contributed by atoms with van der Waals surface area (Å²) in [5.74, 6) is -0.181. The fraction of sp³-hybridized carbons (Fsp3) is 0.0769. The fourth-order valence-corrected chi connectivity index (χ4v) is 3.30. The van der Waals surface area contributed by atoms with Crippen molar-refractivity contribution < 1.29 is 4.79 Å². The van der Waals surface area contributed by atoms with Gasteiger partial charge in [-0.2, -0.15) is 0 Å². The van der Waals surface area contributed by atoms with Gasteiger partial charge in [-0.3, -0.25) is 9.78 Å². The van der Waals surface area contributed by atoms with Crippen molar-refractivity contribution in [1.29, 1.82) is 0 Å². The largest absolute Gasteiger partial charge is 0.378 e. The number of pyridine rings is 1. The van der Waals surface area contributed by atoms with Crippen molar-refractivity contribution in [1.82, 2.24) is 4.98 Å². The van der Waals surface area contributed by atoms with Gasteiger partial charge in [-0.05, 0) is 47.0 Å². The van der Waals surface area contributed by atoms with E-state index in [0.29, 0.717) is 5.56 Å². The maximum Gasteiger partial charge on any atom is 0.257 e. The smallest absolute Gasteiger partial charge is 0.257 e. The Balaban J connectivity index is 1.56. The van der Waals surface area contributed by atoms with Crippen molar-refractivity contribution >= 4 is 17.3 Å². The molecule has 0 atom stereocenters. The first-order valence-corrected chi connectivity index (χ1v) is 9.80. The third kappa shape index (κ3) is 4.39. The number of benzene rings is 3. The molecule has 0 aliphatic rings. The normalized spacial score (nSPS) is 10.5. The van der Waals surface area contributed by atoms with Crippen LogP contribution in [0.25, 0.3) is 22.3 Å². The zero-order valence-corrected chi connectivity index (χ0v) is 17.0. The molecule has 0 aliphatic heterocycles. The monoisotopic (exact) mass is 393 g/mol. The van der Waals surface area contributed by atoms with E-state index >= 15 is 0 Å². The molecule has 4 aromatic rings. The van der Waals surface area contributed by atoms with Crippen LogP contribution in [-0.2, 0) is 0 Å². The highest BCUT2D eigenvalue weighted by atomic mass is 16.1. The van der Waals surface area contributed by atoms with Crippen LogP contribution < -0.4 is 10.2 Å². The zero-order chi connectivity index (χ0) is 20.9. The van der Waals surface area contributed by atoms with Crippen molar-refractivity contribution in [2.24, 2.45) is 0 Å². The quantitative estimate of drug-likeness (QED) is 0.471. The number of rotatable bonds is 5. The van der Waals surface area contributed by atoms with Crippen molar-refractivity contribution in [2.75, 3.05) is 24.3 Å². The maximum atomic E-state index is 12.8. The standard InChI is InChI=1S/C26H23N3O/c1-29(2)25-13-7-11-21(16-25)20-10-6-12-24(15-20)28-26(30)23-14-22(17-27-18-23)19-8-4-3-5-9-19/h3-18H,1-2H3,(H,28,30).